The first-order chi connectivity index (χ1) is 5.97. The summed E-state index contributed by atoms with van der Waals surface area (Å²) in [5.74, 6) is 0. The zero-order chi connectivity index (χ0) is 9.90. The van der Waals surface area contributed by atoms with Gasteiger partial charge in [-0.1, -0.05) is 0 Å². The summed E-state index contributed by atoms with van der Waals surface area (Å²) >= 11 is 0. The molecule has 0 amide bonds. The molecule has 1 aliphatic heterocycles. The van der Waals surface area contributed by atoms with Gasteiger partial charge in [0.2, 0.25) is 0 Å². The molecule has 1 rings (SSSR count). The fraction of sp³-hybridized carbons (Fsp3) is 1.00. The quantitative estimate of drug-likeness (QED) is 0.601. The van der Waals surface area contributed by atoms with Crippen molar-refractivity contribution >= 4 is 7.85 Å². The molecule has 0 spiro atoms. The van der Waals surface area contributed by atoms with Crippen LogP contribution in [-0.2, 0) is 9.47 Å². The third-order valence-electron chi connectivity index (χ3n) is 1.93. The van der Waals surface area contributed by atoms with Crippen molar-refractivity contribution in [2.75, 3.05) is 19.7 Å². The smallest absolute Gasteiger partial charge is 0.140 e. The van der Waals surface area contributed by atoms with Crippen molar-refractivity contribution in [1.29, 1.82) is 0 Å². The predicted molar refractivity (Wildman–Crippen MR) is 55.8 cm³/mol. The highest BCUT2D eigenvalue weighted by Crippen LogP contribution is 2.09. The Morgan fingerprint density at radius 2 is 2.15 bits per heavy atom. The van der Waals surface area contributed by atoms with E-state index in [0.717, 1.165) is 13.1 Å². The highest BCUT2D eigenvalue weighted by atomic mass is 16.5. The van der Waals surface area contributed by atoms with Crippen LogP contribution in [0.25, 0.3) is 0 Å². The molecule has 76 valence electrons. The van der Waals surface area contributed by atoms with E-state index in [0.29, 0.717) is 12.6 Å². The second kappa shape index (κ2) is 4.44. The third kappa shape index (κ3) is 4.65. The molecule has 0 aromatic rings. The first kappa shape index (κ1) is 11.0. The van der Waals surface area contributed by atoms with E-state index in [-0.39, 0.29) is 11.7 Å². The van der Waals surface area contributed by atoms with Gasteiger partial charge in [0.05, 0.1) is 18.3 Å². The van der Waals surface area contributed by atoms with Crippen LogP contribution in [0, 0.1) is 0 Å². The van der Waals surface area contributed by atoms with Gasteiger partial charge in [0, 0.05) is 19.1 Å². The minimum Gasteiger partial charge on any atom is -0.379 e. The van der Waals surface area contributed by atoms with Crippen molar-refractivity contribution in [3.8, 4) is 0 Å². The standard InChI is InChI=1S/C9H20BNO2/c1-9(2,3)12-6-7-4-11-5-8(10)13-7/h7-8,11H,4-6,10H2,1-3H3/t7?,8-/m1/s1. The molecular weight excluding hydrogens is 165 g/mol. The van der Waals surface area contributed by atoms with Crippen LogP contribution in [0.2, 0.25) is 0 Å². The van der Waals surface area contributed by atoms with Crippen LogP contribution in [0.1, 0.15) is 20.8 Å². The van der Waals surface area contributed by atoms with Crippen LogP contribution in [0.5, 0.6) is 0 Å². The van der Waals surface area contributed by atoms with Crippen LogP contribution in [-0.4, -0.2) is 45.3 Å². The summed E-state index contributed by atoms with van der Waals surface area (Å²) in [7, 11) is 2.08. The van der Waals surface area contributed by atoms with Crippen molar-refractivity contribution in [2.45, 2.75) is 38.5 Å². The van der Waals surface area contributed by atoms with Crippen LogP contribution >= 0.6 is 0 Å². The summed E-state index contributed by atoms with van der Waals surface area (Å²) in [4.78, 5) is 0. The van der Waals surface area contributed by atoms with Crippen LogP contribution < -0.4 is 5.32 Å². The molecule has 2 atom stereocenters. The minimum absolute atomic E-state index is 0.0654. The summed E-state index contributed by atoms with van der Waals surface area (Å²) < 4.78 is 11.3. The summed E-state index contributed by atoms with van der Waals surface area (Å²) in [6, 6.07) is 0.308. The maximum absolute atomic E-state index is 5.69. The number of morpholine rings is 1. The molecule has 1 N–H and O–H groups in total. The molecule has 1 saturated heterocycles. The van der Waals surface area contributed by atoms with E-state index in [1.54, 1.807) is 0 Å². The summed E-state index contributed by atoms with van der Waals surface area (Å²) in [6.45, 7) is 8.72. The Kier molecular flexibility index (Phi) is 3.77. The minimum atomic E-state index is -0.0654. The maximum Gasteiger partial charge on any atom is 0.140 e. The monoisotopic (exact) mass is 185 g/mol. The molecular formula is C9H20BNO2. The zero-order valence-corrected chi connectivity index (χ0v) is 9.09. The second-order valence-corrected chi connectivity index (χ2v) is 4.65. The highest BCUT2D eigenvalue weighted by Gasteiger charge is 2.21. The summed E-state index contributed by atoms with van der Waals surface area (Å²) in [5, 5.41) is 3.32. The number of hydrogen-bond acceptors (Lipinski definition) is 3. The SMILES string of the molecule is B[C@H]1CNCC(COC(C)(C)C)O1. The Balaban J connectivity index is 2.21. The van der Waals surface area contributed by atoms with Crippen LogP contribution in [0.15, 0.2) is 0 Å². The Morgan fingerprint density at radius 1 is 1.46 bits per heavy atom. The van der Waals surface area contributed by atoms with Gasteiger partial charge in [0.1, 0.15) is 7.85 Å². The van der Waals surface area contributed by atoms with Crippen molar-refractivity contribution in [2.24, 2.45) is 0 Å². The molecule has 1 heterocycles. The second-order valence-electron chi connectivity index (χ2n) is 4.65. The molecule has 4 heteroatoms. The van der Waals surface area contributed by atoms with E-state index in [1.807, 2.05) is 0 Å². The van der Waals surface area contributed by atoms with Gasteiger partial charge in [-0.25, -0.2) is 0 Å². The molecule has 1 unspecified atom stereocenters. The Morgan fingerprint density at radius 3 is 2.69 bits per heavy atom. The third-order valence-corrected chi connectivity index (χ3v) is 1.93. The van der Waals surface area contributed by atoms with E-state index in [4.69, 9.17) is 9.47 Å². The molecule has 0 aromatic heterocycles. The van der Waals surface area contributed by atoms with Gasteiger partial charge < -0.3 is 14.8 Å². The normalized spacial score (nSPS) is 30.4. The average molecular weight is 185 g/mol. The molecule has 0 aromatic carbocycles. The fourth-order valence-corrected chi connectivity index (χ4v) is 1.31. The lowest BCUT2D eigenvalue weighted by Gasteiger charge is -2.31. The summed E-state index contributed by atoms with van der Waals surface area (Å²) in [6.07, 6.45) is 0.211. The predicted octanol–water partition coefficient (Wildman–Crippen LogP) is -0.251. The first-order valence-electron chi connectivity index (χ1n) is 4.97. The van der Waals surface area contributed by atoms with Crippen molar-refractivity contribution in [1.82, 2.24) is 5.32 Å². The van der Waals surface area contributed by atoms with Gasteiger partial charge in [-0.05, 0) is 20.8 Å². The molecule has 0 saturated carbocycles. The lowest BCUT2D eigenvalue weighted by atomic mass is 9.98. The van der Waals surface area contributed by atoms with Gasteiger partial charge in [-0.3, -0.25) is 0 Å². The molecule has 1 aliphatic rings. The van der Waals surface area contributed by atoms with Crippen molar-refractivity contribution in [3.05, 3.63) is 0 Å². The maximum atomic E-state index is 5.69. The van der Waals surface area contributed by atoms with E-state index in [9.17, 15) is 0 Å². The summed E-state index contributed by atoms with van der Waals surface area (Å²) in [5.41, 5.74) is -0.0654. The van der Waals surface area contributed by atoms with Gasteiger partial charge in [0.15, 0.2) is 0 Å². The lowest BCUT2D eigenvalue weighted by Crippen LogP contribution is -2.47. The van der Waals surface area contributed by atoms with Gasteiger partial charge >= 0.3 is 0 Å². The van der Waals surface area contributed by atoms with Crippen molar-refractivity contribution in [3.63, 3.8) is 0 Å². The van der Waals surface area contributed by atoms with E-state index >= 15 is 0 Å². The average Bonchev–Trinajstić information content (AvgIpc) is 2.00. The first-order valence-corrected chi connectivity index (χ1v) is 4.97. The molecule has 3 nitrogen and oxygen atoms in total. The number of ether oxygens (including phenoxy) is 2. The van der Waals surface area contributed by atoms with E-state index < -0.39 is 0 Å². The van der Waals surface area contributed by atoms with Crippen LogP contribution in [0.4, 0.5) is 0 Å². The molecule has 0 bridgehead atoms. The van der Waals surface area contributed by atoms with Gasteiger partial charge in [0.25, 0.3) is 0 Å². The number of rotatable bonds is 2. The molecule has 0 radical (unpaired) electrons. The molecule has 1 fully saturated rings. The Bertz CT molecular complexity index is 158. The van der Waals surface area contributed by atoms with E-state index in [1.165, 1.54) is 0 Å². The van der Waals surface area contributed by atoms with Crippen molar-refractivity contribution < 1.29 is 9.47 Å². The number of hydrogen-bond donors (Lipinski definition) is 1. The molecule has 13 heavy (non-hydrogen) atoms. The fourth-order valence-electron chi connectivity index (χ4n) is 1.31. The lowest BCUT2D eigenvalue weighted by molar-refractivity contribution is -0.0893. The highest BCUT2D eigenvalue weighted by molar-refractivity contribution is 6.11. The zero-order valence-electron chi connectivity index (χ0n) is 9.09. The Hall–Kier alpha value is -0.0551. The largest absolute Gasteiger partial charge is 0.379 e. The van der Waals surface area contributed by atoms with Crippen LogP contribution in [0.3, 0.4) is 0 Å². The molecule has 0 aliphatic carbocycles. The Labute approximate surface area is 81.6 Å². The number of nitrogens with one attached hydrogen (secondary N) is 1. The van der Waals surface area contributed by atoms with Gasteiger partial charge in [-0.2, -0.15) is 0 Å². The van der Waals surface area contributed by atoms with E-state index in [2.05, 4.69) is 33.9 Å². The topological polar surface area (TPSA) is 30.5 Å². The van der Waals surface area contributed by atoms with Gasteiger partial charge in [-0.15, -0.1) is 0 Å².